The number of nitrogens with zero attached hydrogens (tertiary/aromatic N) is 1. The molecule has 3 nitrogen and oxygen atoms in total. The van der Waals surface area contributed by atoms with Gasteiger partial charge in [-0.3, -0.25) is 0 Å². The van der Waals surface area contributed by atoms with E-state index in [0.717, 1.165) is 40.9 Å². The molecule has 0 aromatic heterocycles. The normalized spacial score (nSPS) is 20.5. The Balaban J connectivity index is 1.78. The lowest BCUT2D eigenvalue weighted by Gasteiger charge is -2.26. The Morgan fingerprint density at radius 1 is 1.00 bits per heavy atom. The first-order chi connectivity index (χ1) is 13.1. The summed E-state index contributed by atoms with van der Waals surface area (Å²) in [6.07, 6.45) is 3.94. The molecule has 1 atom stereocenters. The summed E-state index contributed by atoms with van der Waals surface area (Å²) in [4.78, 5) is 0. The van der Waals surface area contributed by atoms with Crippen molar-refractivity contribution in [3.05, 3.63) is 99.1 Å². The Morgan fingerprint density at radius 3 is 2.26 bits per heavy atom. The van der Waals surface area contributed by atoms with Crippen molar-refractivity contribution in [2.45, 2.75) is 32.6 Å². The van der Waals surface area contributed by atoms with Crippen LogP contribution in [0, 0.1) is 25.2 Å². The molecule has 0 radical (unpaired) electrons. The van der Waals surface area contributed by atoms with Crippen molar-refractivity contribution in [3.8, 4) is 6.07 Å². The van der Waals surface area contributed by atoms with Crippen LogP contribution in [0.15, 0.2) is 76.9 Å². The van der Waals surface area contributed by atoms with Crippen LogP contribution in [0.25, 0.3) is 6.08 Å². The first kappa shape index (κ1) is 17.2. The standard InChI is InChI=1S/C24H22N2O/c1-15-3-7-17(8-4-15)13-19-11-12-20-22(18-9-5-16(2)6-10-18)21(14-25)24(26)27-23(19)20/h3-10,13,22H,11-12,26H2,1-2H3/b19-13+/t22-/m0/s1. The molecule has 2 aromatic carbocycles. The maximum absolute atomic E-state index is 9.69. The third-order valence-corrected chi connectivity index (χ3v) is 5.31. The third-order valence-electron chi connectivity index (χ3n) is 5.31. The number of nitriles is 1. The predicted octanol–water partition coefficient (Wildman–Crippen LogP) is 5.24. The van der Waals surface area contributed by atoms with Crippen LogP contribution in [0.5, 0.6) is 0 Å². The molecule has 0 amide bonds. The highest BCUT2D eigenvalue weighted by Crippen LogP contribution is 2.48. The van der Waals surface area contributed by atoms with Crippen molar-refractivity contribution in [2.24, 2.45) is 5.73 Å². The average molecular weight is 354 g/mol. The lowest BCUT2D eigenvalue weighted by Crippen LogP contribution is -2.19. The summed E-state index contributed by atoms with van der Waals surface area (Å²) in [6, 6.07) is 19.0. The van der Waals surface area contributed by atoms with Gasteiger partial charge in [0.05, 0.1) is 0 Å². The molecule has 27 heavy (non-hydrogen) atoms. The highest BCUT2D eigenvalue weighted by molar-refractivity contribution is 5.63. The van der Waals surface area contributed by atoms with E-state index in [1.54, 1.807) is 0 Å². The van der Waals surface area contributed by atoms with Gasteiger partial charge in [-0.05, 0) is 55.0 Å². The van der Waals surface area contributed by atoms with Crippen molar-refractivity contribution in [1.29, 1.82) is 5.26 Å². The van der Waals surface area contributed by atoms with Gasteiger partial charge in [0.25, 0.3) is 0 Å². The number of aryl methyl sites for hydroxylation is 2. The lowest BCUT2D eigenvalue weighted by atomic mass is 9.83. The Morgan fingerprint density at radius 2 is 1.63 bits per heavy atom. The van der Waals surface area contributed by atoms with E-state index >= 15 is 0 Å². The van der Waals surface area contributed by atoms with Crippen LogP contribution in [0.1, 0.15) is 41.0 Å². The Labute approximate surface area is 160 Å². The number of nitrogens with two attached hydrogens (primary N) is 1. The fraction of sp³-hybridized carbons (Fsp3) is 0.208. The van der Waals surface area contributed by atoms with Gasteiger partial charge in [0.2, 0.25) is 5.88 Å². The molecule has 4 rings (SSSR count). The molecule has 0 spiro atoms. The van der Waals surface area contributed by atoms with E-state index in [1.165, 1.54) is 11.1 Å². The van der Waals surface area contributed by atoms with Gasteiger partial charge in [0.1, 0.15) is 17.4 Å². The molecule has 1 aliphatic carbocycles. The maximum atomic E-state index is 9.69. The highest BCUT2D eigenvalue weighted by atomic mass is 16.5. The molecular weight excluding hydrogens is 332 g/mol. The maximum Gasteiger partial charge on any atom is 0.205 e. The Bertz CT molecular complexity index is 1020. The minimum absolute atomic E-state index is 0.122. The van der Waals surface area contributed by atoms with Gasteiger partial charge < -0.3 is 10.5 Å². The van der Waals surface area contributed by atoms with Crippen molar-refractivity contribution in [3.63, 3.8) is 0 Å². The zero-order chi connectivity index (χ0) is 19.0. The molecule has 0 saturated heterocycles. The van der Waals surface area contributed by atoms with Crippen LogP contribution >= 0.6 is 0 Å². The first-order valence-corrected chi connectivity index (χ1v) is 9.21. The Hall–Kier alpha value is -3.25. The molecule has 0 saturated carbocycles. The summed E-state index contributed by atoms with van der Waals surface area (Å²) in [5.74, 6) is 0.944. The van der Waals surface area contributed by atoms with E-state index in [0.29, 0.717) is 5.57 Å². The summed E-state index contributed by atoms with van der Waals surface area (Å²) in [6.45, 7) is 4.14. The molecule has 2 aliphatic rings. The van der Waals surface area contributed by atoms with Gasteiger partial charge >= 0.3 is 0 Å². The first-order valence-electron chi connectivity index (χ1n) is 9.21. The third kappa shape index (κ3) is 3.15. The number of benzene rings is 2. The summed E-state index contributed by atoms with van der Waals surface area (Å²) < 4.78 is 5.94. The van der Waals surface area contributed by atoms with Gasteiger partial charge in [-0.25, -0.2) is 0 Å². The fourth-order valence-corrected chi connectivity index (χ4v) is 3.84. The van der Waals surface area contributed by atoms with E-state index in [4.69, 9.17) is 10.5 Å². The molecular formula is C24H22N2O. The number of hydrogen-bond donors (Lipinski definition) is 1. The summed E-state index contributed by atoms with van der Waals surface area (Å²) >= 11 is 0. The summed E-state index contributed by atoms with van der Waals surface area (Å²) in [5, 5.41) is 9.69. The van der Waals surface area contributed by atoms with Crippen LogP contribution in [0.2, 0.25) is 0 Å². The second kappa shape index (κ2) is 6.81. The van der Waals surface area contributed by atoms with Gasteiger partial charge in [-0.1, -0.05) is 59.7 Å². The molecule has 0 bridgehead atoms. The molecule has 3 heteroatoms. The van der Waals surface area contributed by atoms with Crippen molar-refractivity contribution < 1.29 is 4.74 Å². The molecule has 2 aromatic rings. The minimum Gasteiger partial charge on any atom is -0.440 e. The zero-order valence-corrected chi connectivity index (χ0v) is 15.6. The smallest absolute Gasteiger partial charge is 0.205 e. The topological polar surface area (TPSA) is 59.0 Å². The SMILES string of the molecule is Cc1ccc(/C=C2\CCC3=C2OC(N)=C(C#N)[C@H]3c2ccc(C)cc2)cc1. The zero-order valence-electron chi connectivity index (χ0n) is 15.6. The van der Waals surface area contributed by atoms with Gasteiger partial charge in [-0.2, -0.15) is 5.26 Å². The summed E-state index contributed by atoms with van der Waals surface area (Å²) in [5.41, 5.74) is 13.6. The van der Waals surface area contributed by atoms with Crippen LogP contribution in [0.4, 0.5) is 0 Å². The number of allylic oxidation sites excluding steroid dienone is 3. The summed E-state index contributed by atoms with van der Waals surface area (Å²) in [7, 11) is 0. The molecule has 1 heterocycles. The minimum atomic E-state index is -0.122. The van der Waals surface area contributed by atoms with Crippen molar-refractivity contribution in [1.82, 2.24) is 0 Å². The van der Waals surface area contributed by atoms with E-state index in [-0.39, 0.29) is 11.8 Å². The number of rotatable bonds is 2. The quantitative estimate of drug-likeness (QED) is 0.802. The second-order valence-electron chi connectivity index (χ2n) is 7.27. The average Bonchev–Trinajstić information content (AvgIpc) is 3.05. The van der Waals surface area contributed by atoms with Crippen LogP contribution in [-0.2, 0) is 4.74 Å². The Kier molecular flexibility index (Phi) is 4.33. The van der Waals surface area contributed by atoms with E-state index in [1.807, 2.05) is 0 Å². The fourth-order valence-electron chi connectivity index (χ4n) is 3.84. The van der Waals surface area contributed by atoms with Crippen molar-refractivity contribution in [2.75, 3.05) is 0 Å². The van der Waals surface area contributed by atoms with Gasteiger partial charge in [0, 0.05) is 5.92 Å². The molecule has 2 N–H and O–H groups in total. The highest BCUT2D eigenvalue weighted by Gasteiger charge is 2.36. The second-order valence-corrected chi connectivity index (χ2v) is 7.27. The van der Waals surface area contributed by atoms with Crippen LogP contribution in [-0.4, -0.2) is 0 Å². The largest absolute Gasteiger partial charge is 0.440 e. The van der Waals surface area contributed by atoms with Crippen LogP contribution < -0.4 is 5.73 Å². The van der Waals surface area contributed by atoms with Crippen LogP contribution in [0.3, 0.4) is 0 Å². The monoisotopic (exact) mass is 354 g/mol. The predicted molar refractivity (Wildman–Crippen MR) is 107 cm³/mol. The van der Waals surface area contributed by atoms with Crippen molar-refractivity contribution >= 4 is 6.08 Å². The van der Waals surface area contributed by atoms with Gasteiger partial charge in [0.15, 0.2) is 0 Å². The molecule has 1 aliphatic heterocycles. The lowest BCUT2D eigenvalue weighted by molar-refractivity contribution is 0.292. The molecule has 0 unspecified atom stereocenters. The van der Waals surface area contributed by atoms with E-state index in [2.05, 4.69) is 74.5 Å². The number of hydrogen-bond acceptors (Lipinski definition) is 3. The molecule has 134 valence electrons. The van der Waals surface area contributed by atoms with Gasteiger partial charge in [-0.15, -0.1) is 0 Å². The number of ether oxygens (including phenoxy) is 1. The van der Waals surface area contributed by atoms with E-state index in [9.17, 15) is 5.26 Å². The van der Waals surface area contributed by atoms with E-state index < -0.39 is 0 Å². The molecule has 0 fully saturated rings.